The molecule has 0 unspecified atom stereocenters. The van der Waals surface area contributed by atoms with Crippen LogP contribution < -0.4 is 15.5 Å². The smallest absolute Gasteiger partial charge is 0.282 e. The Bertz CT molecular complexity index is 1250. The molecule has 3 aromatic carbocycles. The first-order valence-corrected chi connectivity index (χ1v) is 10.4. The van der Waals surface area contributed by atoms with Gasteiger partial charge in [0.05, 0.1) is 11.3 Å². The topological polar surface area (TPSA) is 78.5 Å². The van der Waals surface area contributed by atoms with E-state index in [-0.39, 0.29) is 17.2 Å². The van der Waals surface area contributed by atoms with Gasteiger partial charge in [0.2, 0.25) is 5.91 Å². The van der Waals surface area contributed by atoms with Crippen LogP contribution in [-0.2, 0) is 14.4 Å². The Morgan fingerprint density at radius 1 is 0.812 bits per heavy atom. The van der Waals surface area contributed by atoms with Crippen LogP contribution in [0.25, 0.3) is 5.57 Å². The number of anilines is 3. The summed E-state index contributed by atoms with van der Waals surface area (Å²) >= 11 is 12.1. The van der Waals surface area contributed by atoms with E-state index in [1.165, 1.54) is 6.92 Å². The van der Waals surface area contributed by atoms with E-state index in [2.05, 4.69) is 10.6 Å². The molecule has 160 valence electrons. The van der Waals surface area contributed by atoms with E-state index >= 15 is 0 Å². The molecule has 0 saturated carbocycles. The Morgan fingerprint density at radius 3 is 2.09 bits per heavy atom. The minimum absolute atomic E-state index is 0.129. The lowest BCUT2D eigenvalue weighted by molar-refractivity contribution is -0.120. The summed E-state index contributed by atoms with van der Waals surface area (Å²) in [4.78, 5) is 39.0. The highest BCUT2D eigenvalue weighted by Gasteiger charge is 2.40. The molecule has 2 N–H and O–H groups in total. The van der Waals surface area contributed by atoms with Crippen molar-refractivity contribution < 1.29 is 14.4 Å². The SMILES string of the molecule is CC(=O)Nc1ccc(NC2=C(c3ccc(Cl)cc3)C(=O)N(c3cccc(Cl)c3)C2=O)cc1. The van der Waals surface area contributed by atoms with E-state index in [0.29, 0.717) is 32.7 Å². The first kappa shape index (κ1) is 21.6. The highest BCUT2D eigenvalue weighted by atomic mass is 35.5. The number of rotatable bonds is 5. The van der Waals surface area contributed by atoms with Crippen molar-refractivity contribution in [3.05, 3.63) is 94.1 Å². The van der Waals surface area contributed by atoms with E-state index in [4.69, 9.17) is 23.2 Å². The van der Waals surface area contributed by atoms with Gasteiger partial charge >= 0.3 is 0 Å². The fourth-order valence-electron chi connectivity index (χ4n) is 3.36. The molecule has 4 rings (SSSR count). The molecule has 1 aliphatic rings. The van der Waals surface area contributed by atoms with Crippen LogP contribution in [0.5, 0.6) is 0 Å². The third kappa shape index (κ3) is 4.37. The lowest BCUT2D eigenvalue weighted by Crippen LogP contribution is -2.32. The van der Waals surface area contributed by atoms with E-state index in [0.717, 1.165) is 4.90 Å². The highest BCUT2D eigenvalue weighted by Crippen LogP contribution is 2.35. The number of hydrogen-bond acceptors (Lipinski definition) is 4. The zero-order valence-corrected chi connectivity index (χ0v) is 18.4. The summed E-state index contributed by atoms with van der Waals surface area (Å²) in [5.41, 5.74) is 2.47. The predicted molar refractivity (Wildman–Crippen MR) is 127 cm³/mol. The molecule has 6 nitrogen and oxygen atoms in total. The molecule has 0 spiro atoms. The second-order valence-corrected chi connectivity index (χ2v) is 7.94. The summed E-state index contributed by atoms with van der Waals surface area (Å²) in [6, 6.07) is 20.0. The van der Waals surface area contributed by atoms with Crippen molar-refractivity contribution in [3.8, 4) is 0 Å². The van der Waals surface area contributed by atoms with E-state index in [1.54, 1.807) is 72.8 Å². The second kappa shape index (κ2) is 8.86. The van der Waals surface area contributed by atoms with Crippen LogP contribution in [0.3, 0.4) is 0 Å². The molecule has 0 fully saturated rings. The van der Waals surface area contributed by atoms with Crippen molar-refractivity contribution in [2.75, 3.05) is 15.5 Å². The molecule has 0 aromatic heterocycles. The number of nitrogens with one attached hydrogen (secondary N) is 2. The minimum Gasteiger partial charge on any atom is -0.350 e. The van der Waals surface area contributed by atoms with Gasteiger partial charge in [-0.05, 0) is 60.2 Å². The van der Waals surface area contributed by atoms with Crippen LogP contribution >= 0.6 is 23.2 Å². The Hall–Kier alpha value is -3.61. The fourth-order valence-corrected chi connectivity index (χ4v) is 3.67. The molecule has 1 aliphatic heterocycles. The molecule has 0 bridgehead atoms. The number of nitrogens with zero attached hydrogens (tertiary/aromatic N) is 1. The molecular formula is C24H17Cl2N3O3. The maximum atomic E-state index is 13.4. The third-order valence-electron chi connectivity index (χ3n) is 4.76. The average Bonchev–Trinajstić information content (AvgIpc) is 2.99. The molecule has 8 heteroatoms. The number of benzene rings is 3. The summed E-state index contributed by atoms with van der Waals surface area (Å²) in [7, 11) is 0. The number of carbonyl (C=O) groups is 3. The molecule has 1 heterocycles. The summed E-state index contributed by atoms with van der Waals surface area (Å²) in [5.74, 6) is -1.17. The molecule has 0 radical (unpaired) electrons. The van der Waals surface area contributed by atoms with Crippen molar-refractivity contribution in [1.82, 2.24) is 0 Å². The fraction of sp³-hybridized carbons (Fsp3) is 0.0417. The van der Waals surface area contributed by atoms with E-state index in [9.17, 15) is 14.4 Å². The zero-order chi connectivity index (χ0) is 22.8. The van der Waals surface area contributed by atoms with Crippen molar-refractivity contribution in [2.24, 2.45) is 0 Å². The van der Waals surface area contributed by atoms with Crippen molar-refractivity contribution in [2.45, 2.75) is 6.92 Å². The minimum atomic E-state index is -0.506. The molecule has 3 aromatic rings. The number of amides is 3. The van der Waals surface area contributed by atoms with Crippen LogP contribution in [0.1, 0.15) is 12.5 Å². The maximum Gasteiger partial charge on any atom is 0.282 e. The van der Waals surface area contributed by atoms with Gasteiger partial charge in [-0.3, -0.25) is 14.4 Å². The molecule has 0 saturated heterocycles. The lowest BCUT2D eigenvalue weighted by Gasteiger charge is -2.15. The number of hydrogen-bond donors (Lipinski definition) is 2. The standard InChI is InChI=1S/C24H17Cl2N3O3/c1-14(30)27-18-9-11-19(12-10-18)28-22-21(15-5-7-16(25)8-6-15)23(31)29(24(22)32)20-4-2-3-17(26)13-20/h2-13,28H,1H3,(H,27,30). The Balaban J connectivity index is 1.75. The molecule has 32 heavy (non-hydrogen) atoms. The Labute approximate surface area is 194 Å². The number of imide groups is 1. The molecular weight excluding hydrogens is 449 g/mol. The van der Waals surface area contributed by atoms with E-state index in [1.807, 2.05) is 0 Å². The Morgan fingerprint density at radius 2 is 1.47 bits per heavy atom. The second-order valence-electron chi connectivity index (χ2n) is 7.07. The van der Waals surface area contributed by atoms with Gasteiger partial charge < -0.3 is 10.6 Å². The van der Waals surface area contributed by atoms with Crippen LogP contribution in [0, 0.1) is 0 Å². The van der Waals surface area contributed by atoms with Crippen LogP contribution in [0.15, 0.2) is 78.5 Å². The van der Waals surface area contributed by atoms with Crippen molar-refractivity contribution >= 4 is 63.6 Å². The normalized spacial score (nSPS) is 13.5. The van der Waals surface area contributed by atoms with Gasteiger partial charge in [0.15, 0.2) is 0 Å². The first-order valence-electron chi connectivity index (χ1n) is 9.63. The summed E-state index contributed by atoms with van der Waals surface area (Å²) in [6.45, 7) is 1.42. The zero-order valence-electron chi connectivity index (χ0n) is 16.9. The van der Waals surface area contributed by atoms with Gasteiger partial charge in [0, 0.05) is 28.3 Å². The Kier molecular flexibility index (Phi) is 5.99. The summed E-state index contributed by atoms with van der Waals surface area (Å²) in [6.07, 6.45) is 0. The number of carbonyl (C=O) groups excluding carboxylic acids is 3. The van der Waals surface area contributed by atoms with Crippen molar-refractivity contribution in [3.63, 3.8) is 0 Å². The van der Waals surface area contributed by atoms with Crippen LogP contribution in [0.4, 0.5) is 17.1 Å². The highest BCUT2D eigenvalue weighted by molar-refractivity contribution is 6.46. The average molecular weight is 466 g/mol. The molecule has 0 aliphatic carbocycles. The van der Waals surface area contributed by atoms with Gasteiger partial charge in [-0.25, -0.2) is 4.90 Å². The van der Waals surface area contributed by atoms with Crippen molar-refractivity contribution in [1.29, 1.82) is 0 Å². The van der Waals surface area contributed by atoms with Gasteiger partial charge in [-0.1, -0.05) is 41.4 Å². The van der Waals surface area contributed by atoms with Gasteiger partial charge in [0.25, 0.3) is 11.8 Å². The largest absolute Gasteiger partial charge is 0.350 e. The van der Waals surface area contributed by atoms with Crippen LogP contribution in [0.2, 0.25) is 10.0 Å². The lowest BCUT2D eigenvalue weighted by atomic mass is 10.0. The predicted octanol–water partition coefficient (Wildman–Crippen LogP) is 5.35. The van der Waals surface area contributed by atoms with Gasteiger partial charge in [-0.15, -0.1) is 0 Å². The monoisotopic (exact) mass is 465 g/mol. The molecule has 3 amide bonds. The van der Waals surface area contributed by atoms with Crippen LogP contribution in [-0.4, -0.2) is 17.7 Å². The summed E-state index contributed by atoms with van der Waals surface area (Å²) in [5, 5.41) is 6.67. The number of halogens is 2. The third-order valence-corrected chi connectivity index (χ3v) is 5.24. The van der Waals surface area contributed by atoms with E-state index < -0.39 is 11.8 Å². The summed E-state index contributed by atoms with van der Waals surface area (Å²) < 4.78 is 0. The van der Waals surface area contributed by atoms with Gasteiger partial charge in [0.1, 0.15) is 5.70 Å². The first-order chi connectivity index (χ1) is 15.3. The molecule has 0 atom stereocenters. The quantitative estimate of drug-likeness (QED) is 0.497. The van der Waals surface area contributed by atoms with Gasteiger partial charge in [-0.2, -0.15) is 0 Å². The maximum absolute atomic E-state index is 13.4.